The monoisotopic (exact) mass is 182 g/mol. The summed E-state index contributed by atoms with van der Waals surface area (Å²) < 4.78 is 12.8. The quantitative estimate of drug-likeness (QED) is 0.729. The van der Waals surface area contributed by atoms with Crippen LogP contribution in [0.5, 0.6) is 5.75 Å². The van der Waals surface area contributed by atoms with Crippen LogP contribution >= 0.6 is 0 Å². The van der Waals surface area contributed by atoms with Crippen molar-refractivity contribution in [2.75, 3.05) is 0 Å². The fourth-order valence-corrected chi connectivity index (χ4v) is 1.05. The maximum atomic E-state index is 12.8. The number of carbonyl (C=O) groups is 1. The van der Waals surface area contributed by atoms with Crippen molar-refractivity contribution in [1.82, 2.24) is 0 Å². The Balaban J connectivity index is 2.90. The highest BCUT2D eigenvalue weighted by Gasteiger charge is 2.07. The predicted molar refractivity (Wildman–Crippen MR) is 47.3 cm³/mol. The third-order valence-electron chi connectivity index (χ3n) is 1.75. The number of benzene rings is 1. The van der Waals surface area contributed by atoms with Gasteiger partial charge >= 0.3 is 0 Å². The van der Waals surface area contributed by atoms with Crippen molar-refractivity contribution in [3.05, 3.63) is 29.6 Å². The SMILES string of the molecule is CCCC(=O)c1ccc(O)c(F)c1. The maximum absolute atomic E-state index is 12.8. The highest BCUT2D eigenvalue weighted by atomic mass is 19.1. The van der Waals surface area contributed by atoms with Gasteiger partial charge in [-0.2, -0.15) is 0 Å². The molecule has 1 aromatic rings. The summed E-state index contributed by atoms with van der Waals surface area (Å²) >= 11 is 0. The zero-order valence-corrected chi connectivity index (χ0v) is 7.38. The van der Waals surface area contributed by atoms with E-state index in [1.807, 2.05) is 6.92 Å². The van der Waals surface area contributed by atoms with Crippen molar-refractivity contribution in [2.45, 2.75) is 19.8 Å². The Morgan fingerprint density at radius 1 is 1.54 bits per heavy atom. The molecule has 0 unspecified atom stereocenters. The third-order valence-corrected chi connectivity index (χ3v) is 1.75. The van der Waals surface area contributed by atoms with E-state index in [4.69, 9.17) is 5.11 Å². The van der Waals surface area contributed by atoms with Gasteiger partial charge in [-0.1, -0.05) is 6.92 Å². The average Bonchev–Trinajstić information content (AvgIpc) is 2.10. The topological polar surface area (TPSA) is 37.3 Å². The average molecular weight is 182 g/mol. The van der Waals surface area contributed by atoms with Gasteiger partial charge in [0.2, 0.25) is 0 Å². The molecule has 0 aliphatic rings. The molecule has 0 bridgehead atoms. The summed E-state index contributed by atoms with van der Waals surface area (Å²) in [6.07, 6.45) is 1.14. The van der Waals surface area contributed by atoms with Crippen LogP contribution in [-0.2, 0) is 0 Å². The lowest BCUT2D eigenvalue weighted by molar-refractivity contribution is 0.0981. The second kappa shape index (κ2) is 4.03. The molecule has 0 aliphatic heterocycles. The molecule has 0 amide bonds. The van der Waals surface area contributed by atoms with Crippen LogP contribution in [0.25, 0.3) is 0 Å². The minimum absolute atomic E-state index is 0.0959. The van der Waals surface area contributed by atoms with Crippen LogP contribution in [0.1, 0.15) is 30.1 Å². The lowest BCUT2D eigenvalue weighted by Gasteiger charge is -2.00. The highest BCUT2D eigenvalue weighted by molar-refractivity contribution is 5.96. The number of halogens is 1. The van der Waals surface area contributed by atoms with E-state index >= 15 is 0 Å². The molecule has 13 heavy (non-hydrogen) atoms. The Labute approximate surface area is 76.0 Å². The zero-order valence-electron chi connectivity index (χ0n) is 7.38. The predicted octanol–water partition coefficient (Wildman–Crippen LogP) is 2.51. The molecule has 1 aromatic carbocycles. The van der Waals surface area contributed by atoms with Gasteiger partial charge in [0, 0.05) is 12.0 Å². The molecule has 0 atom stereocenters. The molecular formula is C10H11FO2. The molecule has 3 heteroatoms. The number of hydrogen-bond acceptors (Lipinski definition) is 2. The molecular weight excluding hydrogens is 171 g/mol. The second-order valence-corrected chi connectivity index (χ2v) is 2.84. The van der Waals surface area contributed by atoms with Crippen LogP contribution in [0.3, 0.4) is 0 Å². The third kappa shape index (κ3) is 2.28. The van der Waals surface area contributed by atoms with Crippen LogP contribution in [0.15, 0.2) is 18.2 Å². The number of rotatable bonds is 3. The smallest absolute Gasteiger partial charge is 0.165 e. The zero-order chi connectivity index (χ0) is 9.84. The van der Waals surface area contributed by atoms with Gasteiger partial charge in [0.15, 0.2) is 17.3 Å². The molecule has 0 saturated carbocycles. The fourth-order valence-electron chi connectivity index (χ4n) is 1.05. The number of phenolic OH excluding ortho intramolecular Hbond substituents is 1. The highest BCUT2D eigenvalue weighted by Crippen LogP contribution is 2.17. The fraction of sp³-hybridized carbons (Fsp3) is 0.300. The van der Waals surface area contributed by atoms with E-state index in [0.29, 0.717) is 12.0 Å². The van der Waals surface area contributed by atoms with E-state index < -0.39 is 11.6 Å². The lowest BCUT2D eigenvalue weighted by Crippen LogP contribution is -1.98. The van der Waals surface area contributed by atoms with E-state index in [0.717, 1.165) is 12.5 Å². The summed E-state index contributed by atoms with van der Waals surface area (Å²) in [7, 11) is 0. The van der Waals surface area contributed by atoms with E-state index in [1.165, 1.54) is 12.1 Å². The molecule has 2 nitrogen and oxygen atoms in total. The summed E-state index contributed by atoms with van der Waals surface area (Å²) in [4.78, 5) is 11.3. The van der Waals surface area contributed by atoms with E-state index in [-0.39, 0.29) is 5.78 Å². The molecule has 0 aromatic heterocycles. The number of hydrogen-bond donors (Lipinski definition) is 1. The summed E-state index contributed by atoms with van der Waals surface area (Å²) in [5.41, 5.74) is 0.317. The number of ketones is 1. The van der Waals surface area contributed by atoms with Gasteiger partial charge in [-0.05, 0) is 24.6 Å². The summed E-state index contributed by atoms with van der Waals surface area (Å²) in [5.74, 6) is -1.27. The normalized spacial score (nSPS) is 10.0. The van der Waals surface area contributed by atoms with Crippen molar-refractivity contribution in [3.8, 4) is 5.75 Å². The lowest BCUT2D eigenvalue weighted by atomic mass is 10.1. The van der Waals surface area contributed by atoms with Gasteiger partial charge in [0.25, 0.3) is 0 Å². The summed E-state index contributed by atoms with van der Waals surface area (Å²) in [6, 6.07) is 3.68. The van der Waals surface area contributed by atoms with Crippen molar-refractivity contribution in [1.29, 1.82) is 0 Å². The molecule has 1 N–H and O–H groups in total. The first kappa shape index (κ1) is 9.71. The Bertz CT molecular complexity index is 321. The van der Waals surface area contributed by atoms with Gasteiger partial charge in [-0.25, -0.2) is 4.39 Å². The van der Waals surface area contributed by atoms with Crippen molar-refractivity contribution in [2.24, 2.45) is 0 Å². The van der Waals surface area contributed by atoms with Gasteiger partial charge < -0.3 is 5.11 Å². The Morgan fingerprint density at radius 3 is 2.77 bits per heavy atom. The maximum Gasteiger partial charge on any atom is 0.165 e. The number of aromatic hydroxyl groups is 1. The number of Topliss-reactive ketones (excluding diaryl/α,β-unsaturated/α-hetero) is 1. The standard InChI is InChI=1S/C10H11FO2/c1-2-3-9(12)7-4-5-10(13)8(11)6-7/h4-6,13H,2-3H2,1H3. The number of phenols is 1. The summed E-state index contributed by atoms with van der Waals surface area (Å²) in [6.45, 7) is 1.88. The Hall–Kier alpha value is -1.38. The minimum Gasteiger partial charge on any atom is -0.505 e. The Kier molecular flexibility index (Phi) is 3.01. The van der Waals surface area contributed by atoms with E-state index in [1.54, 1.807) is 0 Å². The van der Waals surface area contributed by atoms with E-state index in [9.17, 15) is 9.18 Å². The van der Waals surface area contributed by atoms with Gasteiger partial charge in [0.1, 0.15) is 0 Å². The first-order chi connectivity index (χ1) is 6.15. The molecule has 1 rings (SSSR count). The van der Waals surface area contributed by atoms with Crippen molar-refractivity contribution >= 4 is 5.78 Å². The molecule has 0 saturated heterocycles. The second-order valence-electron chi connectivity index (χ2n) is 2.84. The molecule has 0 fully saturated rings. The molecule has 0 heterocycles. The molecule has 0 aliphatic carbocycles. The van der Waals surface area contributed by atoms with Crippen LogP contribution < -0.4 is 0 Å². The van der Waals surface area contributed by atoms with Crippen LogP contribution in [0, 0.1) is 5.82 Å². The van der Waals surface area contributed by atoms with Crippen LogP contribution in [0.4, 0.5) is 4.39 Å². The van der Waals surface area contributed by atoms with Crippen molar-refractivity contribution in [3.63, 3.8) is 0 Å². The number of carbonyl (C=O) groups excluding carboxylic acids is 1. The van der Waals surface area contributed by atoms with Crippen LogP contribution in [-0.4, -0.2) is 10.9 Å². The first-order valence-corrected chi connectivity index (χ1v) is 4.17. The molecule has 0 radical (unpaired) electrons. The van der Waals surface area contributed by atoms with E-state index in [2.05, 4.69) is 0 Å². The van der Waals surface area contributed by atoms with Crippen molar-refractivity contribution < 1.29 is 14.3 Å². The minimum atomic E-state index is -0.748. The van der Waals surface area contributed by atoms with Gasteiger partial charge in [-0.3, -0.25) is 4.79 Å². The van der Waals surface area contributed by atoms with Crippen LogP contribution in [0.2, 0.25) is 0 Å². The molecule has 70 valence electrons. The largest absolute Gasteiger partial charge is 0.505 e. The van der Waals surface area contributed by atoms with Gasteiger partial charge in [-0.15, -0.1) is 0 Å². The summed E-state index contributed by atoms with van der Waals surface area (Å²) in [5, 5.41) is 8.87. The van der Waals surface area contributed by atoms with Gasteiger partial charge in [0.05, 0.1) is 0 Å². The Morgan fingerprint density at radius 2 is 2.23 bits per heavy atom. The molecule has 0 spiro atoms. The first-order valence-electron chi connectivity index (χ1n) is 4.17.